The molecule has 1 unspecified atom stereocenters. The Labute approximate surface area is 199 Å². The number of anilines is 1. The van der Waals surface area contributed by atoms with Crippen LogP contribution in [0.2, 0.25) is 0 Å². The van der Waals surface area contributed by atoms with Crippen LogP contribution in [0.15, 0.2) is 54.9 Å². The average Bonchev–Trinajstić information content (AvgIpc) is 3.42. The van der Waals surface area contributed by atoms with Gasteiger partial charge in [0.2, 0.25) is 0 Å². The van der Waals surface area contributed by atoms with E-state index >= 15 is 0 Å². The summed E-state index contributed by atoms with van der Waals surface area (Å²) in [5.41, 5.74) is 6.32. The van der Waals surface area contributed by atoms with Gasteiger partial charge in [-0.3, -0.25) is 9.09 Å². The van der Waals surface area contributed by atoms with Crippen molar-refractivity contribution in [2.24, 2.45) is 0 Å². The normalized spacial score (nSPS) is 20.3. The molecule has 1 aliphatic rings. The molecule has 0 saturated heterocycles. The Morgan fingerprint density at radius 3 is 2.80 bits per heavy atom. The van der Waals surface area contributed by atoms with Gasteiger partial charge in [0.15, 0.2) is 42.3 Å². The summed E-state index contributed by atoms with van der Waals surface area (Å²) >= 11 is 0. The Morgan fingerprint density at radius 2 is 2.06 bits per heavy atom. The van der Waals surface area contributed by atoms with E-state index in [2.05, 4.69) is 15.0 Å². The molecule has 1 aromatic carbocycles. The van der Waals surface area contributed by atoms with Gasteiger partial charge in [0.25, 0.3) is 0 Å². The highest BCUT2D eigenvalue weighted by Gasteiger charge is 2.37. The van der Waals surface area contributed by atoms with Crippen molar-refractivity contribution < 1.29 is 37.0 Å². The van der Waals surface area contributed by atoms with Crippen molar-refractivity contribution >= 4 is 30.5 Å². The number of hydrogen-bond acceptors (Lipinski definition) is 11. The SMILES string of the molecule is CCOC(=O)[C@H](C)OP(=O)(CO[C@@H]1C=C(F)[C@H](n2cnc3c(N)ncnc32)O1)Oc1ccccc1. The molecule has 2 N–H and O–H groups in total. The summed E-state index contributed by atoms with van der Waals surface area (Å²) in [6, 6.07) is 8.21. The zero-order valence-corrected chi connectivity index (χ0v) is 19.7. The Bertz CT molecular complexity index is 1270. The molecule has 2 aromatic heterocycles. The van der Waals surface area contributed by atoms with Crippen LogP contribution in [0.1, 0.15) is 20.1 Å². The zero-order valence-electron chi connectivity index (χ0n) is 18.8. The summed E-state index contributed by atoms with van der Waals surface area (Å²) in [5.74, 6) is -1.05. The molecule has 4 rings (SSSR count). The molecule has 0 saturated carbocycles. The number of halogens is 1. The van der Waals surface area contributed by atoms with Crippen molar-refractivity contribution in [1.82, 2.24) is 19.5 Å². The molecule has 0 radical (unpaired) electrons. The number of hydrogen-bond donors (Lipinski definition) is 1. The Hall–Kier alpha value is -3.38. The number of imidazole rings is 1. The summed E-state index contributed by atoms with van der Waals surface area (Å²) in [6.45, 7) is 3.12. The minimum absolute atomic E-state index is 0.119. The smallest absolute Gasteiger partial charge is 0.405 e. The van der Waals surface area contributed by atoms with Crippen LogP contribution < -0.4 is 10.3 Å². The van der Waals surface area contributed by atoms with E-state index in [9.17, 15) is 13.8 Å². The second kappa shape index (κ2) is 10.5. The van der Waals surface area contributed by atoms with Gasteiger partial charge < -0.3 is 24.5 Å². The third kappa shape index (κ3) is 5.65. The number of benzene rings is 1. The quantitative estimate of drug-likeness (QED) is 0.318. The van der Waals surface area contributed by atoms with Gasteiger partial charge in [-0.2, -0.15) is 0 Å². The first kappa shape index (κ1) is 24.7. The van der Waals surface area contributed by atoms with Crippen LogP contribution in [-0.4, -0.2) is 50.8 Å². The van der Waals surface area contributed by atoms with E-state index in [4.69, 9.17) is 29.0 Å². The lowest BCUT2D eigenvalue weighted by atomic mass is 10.3. The van der Waals surface area contributed by atoms with Crippen molar-refractivity contribution in [3.63, 3.8) is 0 Å². The molecule has 35 heavy (non-hydrogen) atoms. The second-order valence-electron chi connectivity index (χ2n) is 7.30. The van der Waals surface area contributed by atoms with Crippen LogP contribution in [0.4, 0.5) is 10.2 Å². The van der Waals surface area contributed by atoms with E-state index in [1.165, 1.54) is 24.1 Å². The van der Waals surface area contributed by atoms with Crippen LogP contribution in [0, 0.1) is 0 Å². The summed E-state index contributed by atoms with van der Waals surface area (Å²) in [4.78, 5) is 24.0. The maximum absolute atomic E-state index is 14.7. The number of para-hydroxylation sites is 1. The molecule has 14 heteroatoms. The van der Waals surface area contributed by atoms with E-state index in [0.717, 1.165) is 6.08 Å². The molecule has 0 spiro atoms. The number of fused-ring (bicyclic) bond motifs is 1. The number of carbonyl (C=O) groups is 1. The van der Waals surface area contributed by atoms with Gasteiger partial charge in [0, 0.05) is 6.08 Å². The summed E-state index contributed by atoms with van der Waals surface area (Å²) in [6.07, 6.45) is -0.752. The van der Waals surface area contributed by atoms with E-state index in [1.54, 1.807) is 37.3 Å². The van der Waals surface area contributed by atoms with E-state index in [1.807, 2.05) is 0 Å². The standard InChI is InChI=1S/C21H23FN5O7P/c1-3-30-21(28)13(2)33-35(29,34-14-7-5-4-6-8-14)12-31-16-9-15(22)20(32-16)27-11-26-17-18(23)24-10-25-19(17)27/h4-11,13,16,20H,3,12H2,1-2H3,(H2,23,24,25)/t13-,16-,20+,35?/m0/s1. The van der Waals surface area contributed by atoms with Gasteiger partial charge in [0.1, 0.15) is 17.6 Å². The largest absolute Gasteiger partial charge is 0.464 e. The van der Waals surface area contributed by atoms with Gasteiger partial charge in [-0.25, -0.2) is 28.7 Å². The maximum atomic E-state index is 14.7. The molecule has 3 aromatic rings. The third-order valence-electron chi connectivity index (χ3n) is 4.76. The van der Waals surface area contributed by atoms with Gasteiger partial charge in [0.05, 0.1) is 12.9 Å². The Morgan fingerprint density at radius 1 is 1.29 bits per heavy atom. The van der Waals surface area contributed by atoms with Crippen molar-refractivity contribution in [3.8, 4) is 5.75 Å². The first-order valence-corrected chi connectivity index (χ1v) is 12.3. The zero-order chi connectivity index (χ0) is 25.0. The number of nitrogen functional groups attached to an aromatic ring is 1. The first-order chi connectivity index (χ1) is 16.8. The number of ether oxygens (including phenoxy) is 3. The number of aromatic nitrogens is 4. The van der Waals surface area contributed by atoms with E-state index in [-0.39, 0.29) is 29.3 Å². The highest BCUT2D eigenvalue weighted by Crippen LogP contribution is 2.50. The van der Waals surface area contributed by atoms with Gasteiger partial charge in [-0.15, -0.1) is 0 Å². The molecule has 0 amide bonds. The predicted molar refractivity (Wildman–Crippen MR) is 121 cm³/mol. The fourth-order valence-corrected chi connectivity index (χ4v) is 4.70. The van der Waals surface area contributed by atoms with Crippen molar-refractivity contribution in [1.29, 1.82) is 0 Å². The van der Waals surface area contributed by atoms with Crippen LogP contribution in [-0.2, 0) is 28.1 Å². The molecule has 4 atom stereocenters. The monoisotopic (exact) mass is 507 g/mol. The topological polar surface area (TPSA) is 150 Å². The minimum atomic E-state index is -4.08. The molecule has 12 nitrogen and oxygen atoms in total. The molecule has 1 aliphatic heterocycles. The maximum Gasteiger partial charge on any atom is 0.405 e. The Balaban J connectivity index is 1.47. The summed E-state index contributed by atoms with van der Waals surface area (Å²) in [5, 5.41) is 0. The van der Waals surface area contributed by atoms with Gasteiger partial charge in [-0.1, -0.05) is 18.2 Å². The molecule has 186 valence electrons. The highest BCUT2D eigenvalue weighted by atomic mass is 31.2. The average molecular weight is 507 g/mol. The van der Waals surface area contributed by atoms with Crippen LogP contribution in [0.3, 0.4) is 0 Å². The second-order valence-corrected chi connectivity index (χ2v) is 9.18. The van der Waals surface area contributed by atoms with Crippen LogP contribution in [0.5, 0.6) is 5.75 Å². The molecule has 0 fully saturated rings. The lowest BCUT2D eigenvalue weighted by Crippen LogP contribution is -2.25. The van der Waals surface area contributed by atoms with E-state index < -0.39 is 44.4 Å². The number of esters is 1. The molecule has 0 aliphatic carbocycles. The fourth-order valence-electron chi connectivity index (χ4n) is 3.20. The lowest BCUT2D eigenvalue weighted by Gasteiger charge is -2.23. The first-order valence-electron chi connectivity index (χ1n) is 10.6. The molecular formula is C21H23FN5O7P. The van der Waals surface area contributed by atoms with Crippen molar-refractivity contribution in [2.75, 3.05) is 18.7 Å². The van der Waals surface area contributed by atoms with Crippen LogP contribution >= 0.6 is 7.60 Å². The number of carbonyl (C=O) groups excluding carboxylic acids is 1. The number of rotatable bonds is 10. The third-order valence-corrected chi connectivity index (χ3v) is 6.35. The summed E-state index contributed by atoms with van der Waals surface area (Å²) in [7, 11) is -4.08. The minimum Gasteiger partial charge on any atom is -0.464 e. The number of nitrogens with zero attached hydrogens (tertiary/aromatic N) is 4. The Kier molecular flexibility index (Phi) is 7.41. The lowest BCUT2D eigenvalue weighted by molar-refractivity contribution is -0.151. The van der Waals surface area contributed by atoms with E-state index in [0.29, 0.717) is 0 Å². The van der Waals surface area contributed by atoms with Crippen LogP contribution in [0.25, 0.3) is 11.2 Å². The summed E-state index contributed by atoms with van der Waals surface area (Å²) < 4.78 is 56.5. The van der Waals surface area contributed by atoms with Gasteiger partial charge >= 0.3 is 13.6 Å². The van der Waals surface area contributed by atoms with Crippen molar-refractivity contribution in [2.45, 2.75) is 32.5 Å². The molecule has 3 heterocycles. The fraction of sp³-hybridized carbons (Fsp3) is 0.333. The predicted octanol–water partition coefficient (Wildman–Crippen LogP) is 3.33. The number of nitrogens with two attached hydrogens (primary N) is 1. The van der Waals surface area contributed by atoms with Gasteiger partial charge in [-0.05, 0) is 26.0 Å². The molecule has 0 bridgehead atoms. The molecular weight excluding hydrogens is 484 g/mol. The van der Waals surface area contributed by atoms with Crippen molar-refractivity contribution in [3.05, 3.63) is 54.9 Å². The highest BCUT2D eigenvalue weighted by molar-refractivity contribution is 7.54.